The summed E-state index contributed by atoms with van der Waals surface area (Å²) in [6.07, 6.45) is 6.89. The molecule has 4 rings (SSSR count). The van der Waals surface area contributed by atoms with E-state index in [2.05, 4.69) is 39.0 Å². The van der Waals surface area contributed by atoms with Crippen molar-refractivity contribution in [3.05, 3.63) is 102 Å². The maximum Gasteiger partial charge on any atom is 0.291 e. The lowest BCUT2D eigenvalue weighted by Crippen LogP contribution is -2.26. The van der Waals surface area contributed by atoms with Crippen molar-refractivity contribution in [3.8, 4) is 5.95 Å². The van der Waals surface area contributed by atoms with Crippen LogP contribution in [-0.2, 0) is 4.74 Å². The molecule has 1 aromatic heterocycles. The summed E-state index contributed by atoms with van der Waals surface area (Å²) in [5.74, 6) is 0.746. The summed E-state index contributed by atoms with van der Waals surface area (Å²) in [7, 11) is 1.48. The molecule has 1 fully saturated rings. The summed E-state index contributed by atoms with van der Waals surface area (Å²) >= 11 is 0. The number of allylic oxidation sites excluding steroid dienone is 5. The van der Waals surface area contributed by atoms with Gasteiger partial charge >= 0.3 is 0 Å². The van der Waals surface area contributed by atoms with Crippen molar-refractivity contribution < 1.29 is 18.8 Å². The Balaban J connectivity index is 1.68. The molecule has 0 bridgehead atoms. The molecule has 7 heteroatoms. The largest absolute Gasteiger partial charge is 0.468 e. The molecule has 1 aliphatic carbocycles. The van der Waals surface area contributed by atoms with Crippen LogP contribution in [-0.4, -0.2) is 18.6 Å². The molecule has 0 N–H and O–H groups in total. The fourth-order valence-corrected chi connectivity index (χ4v) is 5.60. The molecule has 0 spiro atoms. The lowest BCUT2D eigenvalue weighted by Gasteiger charge is -2.38. The molecule has 1 aliphatic heterocycles. The van der Waals surface area contributed by atoms with E-state index in [1.807, 2.05) is 12.1 Å². The van der Waals surface area contributed by atoms with Crippen LogP contribution in [0.1, 0.15) is 61.7 Å². The van der Waals surface area contributed by atoms with E-state index in [9.17, 15) is 14.9 Å². The van der Waals surface area contributed by atoms with Crippen LogP contribution in [0.4, 0.5) is 5.69 Å². The molecule has 1 saturated heterocycles. The average Bonchev–Trinajstić information content (AvgIpc) is 3.25. The maximum atomic E-state index is 12.6. The van der Waals surface area contributed by atoms with E-state index in [4.69, 9.17) is 13.9 Å². The highest BCUT2D eigenvalue weighted by molar-refractivity contribution is 5.47. The van der Waals surface area contributed by atoms with Gasteiger partial charge in [0.15, 0.2) is 5.43 Å². The molecule has 0 unspecified atom stereocenters. The minimum absolute atomic E-state index is 0.0256. The fourth-order valence-electron chi connectivity index (χ4n) is 5.60. The monoisotopic (exact) mass is 477 g/mol. The molecule has 184 valence electrons. The molecular formula is C28H31NO6. The fraction of sp³-hybridized carbons (Fsp3) is 0.393. The van der Waals surface area contributed by atoms with Gasteiger partial charge in [-0.2, -0.15) is 0 Å². The predicted octanol–water partition coefficient (Wildman–Crippen LogP) is 6.26. The first-order valence-electron chi connectivity index (χ1n) is 11.7. The van der Waals surface area contributed by atoms with Crippen LogP contribution < -0.4 is 10.2 Å². The van der Waals surface area contributed by atoms with Crippen LogP contribution in [0.25, 0.3) is 0 Å². The smallest absolute Gasteiger partial charge is 0.291 e. The Morgan fingerprint density at radius 2 is 1.83 bits per heavy atom. The SMILES string of the molecule is COc1oc([C@H]2C/C(=C/[C@@]3(C)C=C(C)C=C(C)[C@H]3c3ccc([N+](=O)[O-])cc3)CO2)c(C)c(=O)c1C. The van der Waals surface area contributed by atoms with Gasteiger partial charge in [0.1, 0.15) is 11.9 Å². The molecular weight excluding hydrogens is 446 g/mol. The number of non-ortho nitro benzene ring substituents is 1. The second kappa shape index (κ2) is 9.30. The van der Waals surface area contributed by atoms with Crippen molar-refractivity contribution >= 4 is 5.69 Å². The first-order chi connectivity index (χ1) is 16.5. The number of rotatable bonds is 5. The molecule has 2 heterocycles. The van der Waals surface area contributed by atoms with E-state index in [0.29, 0.717) is 29.9 Å². The minimum atomic E-state index is -0.380. The topological polar surface area (TPSA) is 91.8 Å². The van der Waals surface area contributed by atoms with E-state index < -0.39 is 0 Å². The Kier molecular flexibility index (Phi) is 6.56. The molecule has 7 nitrogen and oxygen atoms in total. The number of nitro benzene ring substituents is 1. The summed E-state index contributed by atoms with van der Waals surface area (Å²) < 4.78 is 17.3. The van der Waals surface area contributed by atoms with Crippen LogP contribution in [0.3, 0.4) is 0 Å². The number of hydrogen-bond acceptors (Lipinski definition) is 6. The zero-order valence-electron chi connectivity index (χ0n) is 21.0. The van der Waals surface area contributed by atoms with Crippen LogP contribution in [0.15, 0.2) is 68.4 Å². The average molecular weight is 478 g/mol. The number of nitro groups is 1. The summed E-state index contributed by atoms with van der Waals surface area (Å²) in [6, 6.07) is 6.81. The van der Waals surface area contributed by atoms with Crippen LogP contribution in [0.2, 0.25) is 0 Å². The van der Waals surface area contributed by atoms with Crippen molar-refractivity contribution in [1.82, 2.24) is 0 Å². The second-order valence-corrected chi connectivity index (χ2v) is 9.77. The van der Waals surface area contributed by atoms with Gasteiger partial charge in [0.25, 0.3) is 11.6 Å². The summed E-state index contributed by atoms with van der Waals surface area (Å²) in [5, 5.41) is 11.1. The standard InChI is InChI=1S/C28H31NO6/c1-16-11-17(2)24(21-7-9-22(10-8-21)29(31)32)28(5,13-16)14-20-12-23(34-15-20)26-18(3)25(30)19(4)27(33-6)35-26/h7-11,13-14,23-24H,12,15H2,1-6H3/b20-14-/t23-,24+,28-/m1/s1. The highest BCUT2D eigenvalue weighted by Crippen LogP contribution is 2.49. The Hall–Kier alpha value is -3.45. The third kappa shape index (κ3) is 4.60. The van der Waals surface area contributed by atoms with Crippen molar-refractivity contribution in [2.24, 2.45) is 5.41 Å². The third-order valence-corrected chi connectivity index (χ3v) is 6.98. The molecule has 2 aromatic rings. The van der Waals surface area contributed by atoms with Gasteiger partial charge in [0.2, 0.25) is 0 Å². The summed E-state index contributed by atoms with van der Waals surface area (Å²) in [5.41, 5.74) is 5.12. The molecule has 0 radical (unpaired) electrons. The molecule has 35 heavy (non-hydrogen) atoms. The van der Waals surface area contributed by atoms with Crippen molar-refractivity contribution in [2.75, 3.05) is 13.7 Å². The van der Waals surface area contributed by atoms with Gasteiger partial charge in [-0.15, -0.1) is 0 Å². The Labute approximate surface area is 204 Å². The molecule has 0 amide bonds. The van der Waals surface area contributed by atoms with E-state index in [0.717, 1.165) is 11.1 Å². The Morgan fingerprint density at radius 3 is 2.46 bits per heavy atom. The minimum Gasteiger partial charge on any atom is -0.468 e. The highest BCUT2D eigenvalue weighted by atomic mass is 16.6. The first-order valence-corrected chi connectivity index (χ1v) is 11.7. The van der Waals surface area contributed by atoms with E-state index >= 15 is 0 Å². The number of ether oxygens (including phenoxy) is 2. The number of hydrogen-bond donors (Lipinski definition) is 0. The first kappa shape index (κ1) is 24.7. The zero-order valence-corrected chi connectivity index (χ0v) is 21.0. The Bertz CT molecular complexity index is 1310. The predicted molar refractivity (Wildman–Crippen MR) is 134 cm³/mol. The maximum absolute atomic E-state index is 12.6. The molecule has 0 saturated carbocycles. The normalized spacial score (nSPS) is 25.4. The lowest BCUT2D eigenvalue weighted by molar-refractivity contribution is -0.384. The third-order valence-electron chi connectivity index (χ3n) is 6.98. The number of nitrogens with zero attached hydrogens (tertiary/aromatic N) is 1. The van der Waals surface area contributed by atoms with Gasteiger partial charge in [0, 0.05) is 35.4 Å². The van der Waals surface area contributed by atoms with Gasteiger partial charge in [-0.25, -0.2) is 0 Å². The van der Waals surface area contributed by atoms with Crippen LogP contribution in [0, 0.1) is 29.4 Å². The Morgan fingerprint density at radius 1 is 1.14 bits per heavy atom. The van der Waals surface area contributed by atoms with Crippen LogP contribution >= 0.6 is 0 Å². The zero-order chi connectivity index (χ0) is 25.5. The highest BCUT2D eigenvalue weighted by Gasteiger charge is 2.37. The van der Waals surface area contributed by atoms with Crippen molar-refractivity contribution in [2.45, 2.75) is 53.1 Å². The summed E-state index contributed by atoms with van der Waals surface area (Å²) in [4.78, 5) is 23.4. The molecule has 3 atom stereocenters. The molecule has 1 aromatic carbocycles. The van der Waals surface area contributed by atoms with E-state index in [-0.39, 0.29) is 39.4 Å². The van der Waals surface area contributed by atoms with Gasteiger partial charge in [-0.05, 0) is 38.8 Å². The number of benzene rings is 1. The van der Waals surface area contributed by atoms with Crippen molar-refractivity contribution in [1.29, 1.82) is 0 Å². The van der Waals surface area contributed by atoms with E-state index in [1.165, 1.54) is 18.3 Å². The van der Waals surface area contributed by atoms with Gasteiger partial charge in [-0.3, -0.25) is 14.9 Å². The second-order valence-electron chi connectivity index (χ2n) is 9.77. The van der Waals surface area contributed by atoms with E-state index in [1.54, 1.807) is 26.0 Å². The quantitative estimate of drug-likeness (QED) is 0.287. The van der Waals surface area contributed by atoms with Gasteiger partial charge in [-0.1, -0.05) is 48.4 Å². The van der Waals surface area contributed by atoms with Gasteiger partial charge < -0.3 is 13.9 Å². The molecule has 2 aliphatic rings. The number of methoxy groups -OCH3 is 1. The summed E-state index contributed by atoms with van der Waals surface area (Å²) in [6.45, 7) is 10.2. The van der Waals surface area contributed by atoms with Gasteiger partial charge in [0.05, 0.1) is 24.2 Å². The lowest BCUT2D eigenvalue weighted by atomic mass is 9.65. The van der Waals surface area contributed by atoms with Crippen LogP contribution in [0.5, 0.6) is 5.95 Å². The van der Waals surface area contributed by atoms with Crippen molar-refractivity contribution in [3.63, 3.8) is 0 Å².